The monoisotopic (exact) mass is 385 g/mol. The Hall–Kier alpha value is -3.35. The number of likely N-dealkylation sites (tertiary alicyclic amines) is 1. The Kier molecular flexibility index (Phi) is 5.20. The summed E-state index contributed by atoms with van der Waals surface area (Å²) in [7, 11) is 2.05. The van der Waals surface area contributed by atoms with Gasteiger partial charge in [0, 0.05) is 12.2 Å². The second kappa shape index (κ2) is 7.95. The Bertz CT molecular complexity index is 1030. The third-order valence-electron chi connectivity index (χ3n) is 5.76. The number of carbonyl (C=O) groups excluding carboxylic acids is 1. The van der Waals surface area contributed by atoms with Crippen molar-refractivity contribution in [1.29, 1.82) is 10.5 Å². The summed E-state index contributed by atoms with van der Waals surface area (Å²) in [6.45, 7) is 2.88. The number of hydrogen-bond donors (Lipinski definition) is 1. The molecule has 0 radical (unpaired) electrons. The van der Waals surface area contributed by atoms with Crippen LogP contribution < -0.4 is 5.32 Å². The Morgan fingerprint density at radius 3 is 2.83 bits per heavy atom. The van der Waals surface area contributed by atoms with Crippen molar-refractivity contribution in [2.24, 2.45) is 5.92 Å². The maximum atomic E-state index is 12.8. The molecule has 6 nitrogen and oxygen atoms in total. The van der Waals surface area contributed by atoms with Crippen LogP contribution in [0.1, 0.15) is 29.5 Å². The van der Waals surface area contributed by atoms with Crippen molar-refractivity contribution >= 4 is 11.6 Å². The van der Waals surface area contributed by atoms with Gasteiger partial charge in [0.15, 0.2) is 6.19 Å². The number of fused-ring (bicyclic) bond motifs is 1. The van der Waals surface area contributed by atoms with E-state index in [0.29, 0.717) is 18.7 Å². The molecule has 29 heavy (non-hydrogen) atoms. The fourth-order valence-corrected chi connectivity index (χ4v) is 4.29. The average molecular weight is 385 g/mol. The number of anilines is 1. The van der Waals surface area contributed by atoms with E-state index in [1.165, 1.54) is 0 Å². The largest absolute Gasteiger partial charge is 0.326 e. The van der Waals surface area contributed by atoms with Gasteiger partial charge in [-0.2, -0.15) is 10.5 Å². The van der Waals surface area contributed by atoms with Crippen molar-refractivity contribution in [2.45, 2.75) is 25.9 Å². The number of nitriles is 2. The fraction of sp³-hybridized carbons (Fsp3) is 0.348. The van der Waals surface area contributed by atoms with Crippen LogP contribution >= 0.6 is 0 Å². The van der Waals surface area contributed by atoms with Gasteiger partial charge in [-0.1, -0.05) is 12.1 Å². The maximum Gasteiger partial charge on any atom is 0.228 e. The summed E-state index contributed by atoms with van der Waals surface area (Å²) in [5.41, 5.74) is 5.35. The first-order valence-corrected chi connectivity index (χ1v) is 9.88. The second-order valence-electron chi connectivity index (χ2n) is 7.90. The molecule has 2 aromatic rings. The van der Waals surface area contributed by atoms with Gasteiger partial charge in [0.2, 0.25) is 5.91 Å². The molecule has 0 aromatic heterocycles. The van der Waals surface area contributed by atoms with Crippen molar-refractivity contribution in [2.75, 3.05) is 25.5 Å². The standard InChI is InChI=1S/C23H23N5O/c1-27-7-3-6-18(12-27)23(29)26-20-9-19-13-28(15-25)14-22(19)21(10-20)17-5-2-4-16(8-17)11-24/h2,4-5,8-10,18H,3,6-7,12-14H2,1H3,(H,26,29)/t18-/m1/s1. The van der Waals surface area contributed by atoms with Gasteiger partial charge in [-0.05, 0) is 73.0 Å². The minimum absolute atomic E-state index is 0.0111. The van der Waals surface area contributed by atoms with Gasteiger partial charge >= 0.3 is 0 Å². The average Bonchev–Trinajstić information content (AvgIpc) is 3.16. The molecular formula is C23H23N5O. The number of nitrogens with one attached hydrogen (secondary N) is 1. The molecule has 0 aliphatic carbocycles. The van der Waals surface area contributed by atoms with Crippen LogP contribution in [0.25, 0.3) is 11.1 Å². The van der Waals surface area contributed by atoms with E-state index in [2.05, 4.69) is 22.5 Å². The minimum Gasteiger partial charge on any atom is -0.326 e. The molecule has 1 fully saturated rings. The van der Waals surface area contributed by atoms with E-state index < -0.39 is 0 Å². The molecule has 0 spiro atoms. The number of rotatable bonds is 3. The molecule has 6 heteroatoms. The molecule has 1 amide bonds. The lowest BCUT2D eigenvalue weighted by molar-refractivity contribution is -0.121. The number of amides is 1. The number of benzene rings is 2. The van der Waals surface area contributed by atoms with Crippen molar-refractivity contribution in [3.8, 4) is 23.4 Å². The van der Waals surface area contributed by atoms with Crippen LogP contribution in [-0.2, 0) is 17.9 Å². The Morgan fingerprint density at radius 2 is 2.07 bits per heavy atom. The highest BCUT2D eigenvalue weighted by Gasteiger charge is 2.26. The highest BCUT2D eigenvalue weighted by molar-refractivity contribution is 5.94. The van der Waals surface area contributed by atoms with E-state index in [0.717, 1.165) is 53.9 Å². The summed E-state index contributed by atoms with van der Waals surface area (Å²) in [5, 5.41) is 21.7. The lowest BCUT2D eigenvalue weighted by Gasteiger charge is -2.28. The third-order valence-corrected chi connectivity index (χ3v) is 5.76. The van der Waals surface area contributed by atoms with Crippen LogP contribution in [-0.4, -0.2) is 35.8 Å². The zero-order chi connectivity index (χ0) is 20.4. The van der Waals surface area contributed by atoms with Crippen molar-refractivity contribution < 1.29 is 4.79 Å². The fourth-order valence-electron chi connectivity index (χ4n) is 4.29. The van der Waals surface area contributed by atoms with Crippen molar-refractivity contribution in [3.05, 3.63) is 53.1 Å². The molecule has 146 valence electrons. The molecule has 1 N–H and O–H groups in total. The first-order valence-electron chi connectivity index (χ1n) is 9.88. The lowest BCUT2D eigenvalue weighted by Crippen LogP contribution is -2.38. The molecule has 0 bridgehead atoms. The highest BCUT2D eigenvalue weighted by Crippen LogP contribution is 2.36. The van der Waals surface area contributed by atoms with Gasteiger partial charge in [0.05, 0.1) is 30.6 Å². The normalized spacial score (nSPS) is 18.6. The summed E-state index contributed by atoms with van der Waals surface area (Å²) >= 11 is 0. The van der Waals surface area contributed by atoms with Gasteiger partial charge < -0.3 is 15.1 Å². The van der Waals surface area contributed by atoms with Crippen LogP contribution in [0.4, 0.5) is 5.69 Å². The Balaban J connectivity index is 1.68. The SMILES string of the molecule is CN1CCC[C@@H](C(=O)Nc2cc3c(c(-c4cccc(C#N)c4)c2)CN(C#N)C3)C1. The molecule has 2 aromatic carbocycles. The summed E-state index contributed by atoms with van der Waals surface area (Å²) < 4.78 is 0. The van der Waals surface area contributed by atoms with Gasteiger partial charge in [-0.3, -0.25) is 4.79 Å². The first kappa shape index (κ1) is 19.0. The van der Waals surface area contributed by atoms with Crippen LogP contribution in [0, 0.1) is 28.7 Å². The van der Waals surface area contributed by atoms with Crippen LogP contribution in [0.2, 0.25) is 0 Å². The maximum absolute atomic E-state index is 12.8. The van der Waals surface area contributed by atoms with Gasteiger partial charge in [-0.25, -0.2) is 0 Å². The molecule has 4 rings (SSSR count). The van der Waals surface area contributed by atoms with Gasteiger partial charge in [0.1, 0.15) is 0 Å². The van der Waals surface area contributed by atoms with Crippen LogP contribution in [0.3, 0.4) is 0 Å². The Morgan fingerprint density at radius 1 is 1.21 bits per heavy atom. The number of carbonyl (C=O) groups is 1. The molecule has 1 saturated heterocycles. The Labute approximate surface area is 171 Å². The smallest absolute Gasteiger partial charge is 0.228 e. The van der Waals surface area contributed by atoms with Crippen molar-refractivity contribution in [1.82, 2.24) is 9.80 Å². The quantitative estimate of drug-likeness (QED) is 0.820. The number of hydrogen-bond acceptors (Lipinski definition) is 5. The third kappa shape index (κ3) is 3.94. The van der Waals surface area contributed by atoms with Crippen LogP contribution in [0.5, 0.6) is 0 Å². The summed E-state index contributed by atoms with van der Waals surface area (Å²) in [5.74, 6) is 0.0336. The van der Waals surface area contributed by atoms with Crippen molar-refractivity contribution in [3.63, 3.8) is 0 Å². The minimum atomic E-state index is -0.0111. The molecule has 2 heterocycles. The first-order chi connectivity index (χ1) is 14.1. The van der Waals surface area contributed by atoms with E-state index in [1.54, 1.807) is 11.0 Å². The van der Waals surface area contributed by atoms with E-state index in [-0.39, 0.29) is 11.8 Å². The van der Waals surface area contributed by atoms with Crippen LogP contribution in [0.15, 0.2) is 36.4 Å². The number of piperidine rings is 1. The zero-order valence-electron chi connectivity index (χ0n) is 16.5. The molecular weight excluding hydrogens is 362 g/mol. The predicted molar refractivity (Wildman–Crippen MR) is 110 cm³/mol. The lowest BCUT2D eigenvalue weighted by atomic mass is 9.94. The summed E-state index contributed by atoms with van der Waals surface area (Å²) in [6.07, 6.45) is 4.15. The van der Waals surface area contributed by atoms with E-state index in [9.17, 15) is 15.3 Å². The summed E-state index contributed by atoms with van der Waals surface area (Å²) in [6, 6.07) is 13.6. The van der Waals surface area contributed by atoms with E-state index >= 15 is 0 Å². The van der Waals surface area contributed by atoms with E-state index in [4.69, 9.17) is 0 Å². The zero-order valence-corrected chi connectivity index (χ0v) is 16.5. The van der Waals surface area contributed by atoms with Gasteiger partial charge in [0.25, 0.3) is 0 Å². The molecule has 0 saturated carbocycles. The highest BCUT2D eigenvalue weighted by atomic mass is 16.1. The molecule has 2 aliphatic rings. The molecule has 2 aliphatic heterocycles. The van der Waals surface area contributed by atoms with E-state index in [1.807, 2.05) is 37.4 Å². The van der Waals surface area contributed by atoms with Gasteiger partial charge in [-0.15, -0.1) is 0 Å². The molecule has 0 unspecified atom stereocenters. The predicted octanol–water partition coefficient (Wildman–Crippen LogP) is 3.30. The number of nitrogens with zero attached hydrogens (tertiary/aromatic N) is 4. The second-order valence-corrected chi connectivity index (χ2v) is 7.90. The summed E-state index contributed by atoms with van der Waals surface area (Å²) in [4.78, 5) is 16.7. The topological polar surface area (TPSA) is 83.2 Å². The molecule has 1 atom stereocenters.